The molecular weight excluding hydrogens is 355 g/mol. The summed E-state index contributed by atoms with van der Waals surface area (Å²) in [6.07, 6.45) is 2.96. The summed E-state index contributed by atoms with van der Waals surface area (Å²) in [5.74, 6) is -0.515. The highest BCUT2D eigenvalue weighted by Crippen LogP contribution is 2.23. The second-order valence-corrected chi connectivity index (χ2v) is 6.66. The van der Waals surface area contributed by atoms with Crippen molar-refractivity contribution in [2.24, 2.45) is 0 Å². The van der Waals surface area contributed by atoms with Crippen molar-refractivity contribution in [3.63, 3.8) is 0 Å². The van der Waals surface area contributed by atoms with Crippen molar-refractivity contribution in [1.82, 2.24) is 20.1 Å². The monoisotopic (exact) mass is 370 g/mol. The van der Waals surface area contributed by atoms with Crippen LogP contribution in [0.3, 0.4) is 0 Å². The molecule has 4 rings (SSSR count). The lowest BCUT2D eigenvalue weighted by molar-refractivity contribution is 0.0945. The summed E-state index contributed by atoms with van der Waals surface area (Å²) in [4.78, 5) is 16.5. The largest absolute Gasteiger partial charge is 0.352 e. The smallest absolute Gasteiger partial charge is 0.255 e. The maximum Gasteiger partial charge on any atom is 0.255 e. The van der Waals surface area contributed by atoms with Crippen LogP contribution in [-0.2, 0) is 12.8 Å². The Morgan fingerprint density at radius 2 is 2.15 bits per heavy atom. The first-order chi connectivity index (χ1) is 12.5. The molecule has 3 heterocycles. The third-order valence-electron chi connectivity index (χ3n) is 4.44. The van der Waals surface area contributed by atoms with Crippen molar-refractivity contribution < 1.29 is 9.18 Å². The molecule has 7 heteroatoms. The average molecular weight is 371 g/mol. The molecule has 26 heavy (non-hydrogen) atoms. The van der Waals surface area contributed by atoms with E-state index in [2.05, 4.69) is 15.4 Å². The number of pyridine rings is 1. The Kier molecular flexibility index (Phi) is 4.20. The van der Waals surface area contributed by atoms with Crippen LogP contribution >= 0.6 is 11.6 Å². The molecule has 1 aromatic carbocycles. The van der Waals surface area contributed by atoms with Crippen LogP contribution in [0.2, 0.25) is 5.02 Å². The van der Waals surface area contributed by atoms with Crippen LogP contribution in [0, 0.1) is 12.7 Å². The molecule has 132 valence electrons. The third-order valence-corrected chi connectivity index (χ3v) is 4.73. The van der Waals surface area contributed by atoms with Gasteiger partial charge in [-0.2, -0.15) is 5.10 Å². The van der Waals surface area contributed by atoms with Crippen LogP contribution in [0.25, 0.3) is 5.69 Å². The molecule has 0 saturated carbocycles. The van der Waals surface area contributed by atoms with Crippen LogP contribution in [-0.4, -0.2) is 27.2 Å². The Bertz CT molecular complexity index is 1010. The Hall–Kier alpha value is -2.73. The molecular formula is C19H16ClFN4O. The normalized spacial score (nSPS) is 13.4. The lowest BCUT2D eigenvalue weighted by Crippen LogP contribution is -2.32. The lowest BCUT2D eigenvalue weighted by atomic mass is 10.1. The number of aromatic nitrogens is 3. The van der Waals surface area contributed by atoms with E-state index >= 15 is 0 Å². The molecule has 0 saturated heterocycles. The minimum atomic E-state index is -0.436. The van der Waals surface area contributed by atoms with Crippen molar-refractivity contribution >= 4 is 17.5 Å². The minimum absolute atomic E-state index is 0.0785. The summed E-state index contributed by atoms with van der Waals surface area (Å²) in [5.41, 5.74) is 4.81. The summed E-state index contributed by atoms with van der Waals surface area (Å²) in [6.45, 7) is 2.44. The molecule has 1 N–H and O–H groups in total. The number of aryl methyl sites for hydroxylation is 1. The van der Waals surface area contributed by atoms with E-state index in [1.54, 1.807) is 18.3 Å². The number of hydrogen-bond donors (Lipinski definition) is 1. The van der Waals surface area contributed by atoms with E-state index in [4.69, 9.17) is 11.6 Å². The number of amides is 1. The van der Waals surface area contributed by atoms with Crippen molar-refractivity contribution in [2.45, 2.75) is 19.8 Å². The predicted molar refractivity (Wildman–Crippen MR) is 96.3 cm³/mol. The van der Waals surface area contributed by atoms with E-state index in [0.717, 1.165) is 29.1 Å². The van der Waals surface area contributed by atoms with Crippen molar-refractivity contribution in [3.8, 4) is 5.69 Å². The first-order valence-electron chi connectivity index (χ1n) is 8.29. The van der Waals surface area contributed by atoms with E-state index in [0.29, 0.717) is 24.2 Å². The van der Waals surface area contributed by atoms with Gasteiger partial charge in [0.2, 0.25) is 0 Å². The number of fused-ring (bicyclic) bond motifs is 1. The van der Waals surface area contributed by atoms with Gasteiger partial charge in [-0.1, -0.05) is 17.7 Å². The Balaban J connectivity index is 1.69. The summed E-state index contributed by atoms with van der Waals surface area (Å²) >= 11 is 5.86. The zero-order valence-corrected chi connectivity index (χ0v) is 14.8. The summed E-state index contributed by atoms with van der Waals surface area (Å²) in [6, 6.07) is 8.44. The summed E-state index contributed by atoms with van der Waals surface area (Å²) in [5, 5.41) is 7.49. The number of nitrogens with zero attached hydrogens (tertiary/aromatic N) is 3. The molecule has 0 unspecified atom stereocenters. The van der Waals surface area contributed by atoms with Gasteiger partial charge < -0.3 is 5.32 Å². The van der Waals surface area contributed by atoms with Crippen molar-refractivity contribution in [1.29, 1.82) is 0 Å². The number of nitrogens with one attached hydrogen (secondary N) is 1. The Labute approximate surface area is 154 Å². The van der Waals surface area contributed by atoms with Crippen LogP contribution in [0.15, 0.2) is 36.5 Å². The number of carbonyl (C=O) groups is 1. The molecule has 5 nitrogen and oxygen atoms in total. The molecule has 1 aliphatic heterocycles. The molecule has 1 aliphatic rings. The predicted octanol–water partition coefficient (Wildman–Crippen LogP) is 3.24. The van der Waals surface area contributed by atoms with Gasteiger partial charge in [0.05, 0.1) is 27.7 Å². The number of benzene rings is 1. The number of rotatable bonds is 3. The van der Waals surface area contributed by atoms with Gasteiger partial charge in [0.1, 0.15) is 5.82 Å². The molecule has 0 atom stereocenters. The number of halogens is 2. The molecule has 0 fully saturated rings. The average Bonchev–Trinajstić information content (AvgIpc) is 2.97. The van der Waals surface area contributed by atoms with E-state index in [-0.39, 0.29) is 10.9 Å². The maximum atomic E-state index is 13.3. The highest BCUT2D eigenvalue weighted by Gasteiger charge is 2.25. The zero-order valence-electron chi connectivity index (χ0n) is 14.1. The zero-order chi connectivity index (χ0) is 18.3. The second kappa shape index (κ2) is 6.53. The Morgan fingerprint density at radius 1 is 1.31 bits per heavy atom. The van der Waals surface area contributed by atoms with Crippen molar-refractivity contribution in [2.75, 3.05) is 6.54 Å². The fraction of sp³-hybridized carbons (Fsp3) is 0.211. The van der Waals surface area contributed by atoms with Gasteiger partial charge >= 0.3 is 0 Å². The fourth-order valence-electron chi connectivity index (χ4n) is 3.25. The van der Waals surface area contributed by atoms with Gasteiger partial charge in [0.25, 0.3) is 5.91 Å². The Morgan fingerprint density at radius 3 is 2.96 bits per heavy atom. The molecule has 0 radical (unpaired) electrons. The standard InChI is InChI=1S/C19H16ClFN4O/c1-11-18-17(5-7-23-19(18)26)25(24-11)14-4-6-22-13(10-14)8-12-2-3-16(21)15(20)9-12/h2-4,6,9-10H,5,7-8H2,1H3,(H,23,26). The van der Waals surface area contributed by atoms with Gasteiger partial charge in [0.15, 0.2) is 0 Å². The van der Waals surface area contributed by atoms with Crippen LogP contribution in [0.1, 0.15) is 33.0 Å². The molecule has 0 aliphatic carbocycles. The first kappa shape index (κ1) is 16.7. The minimum Gasteiger partial charge on any atom is -0.352 e. The molecule has 2 aromatic heterocycles. The van der Waals surface area contributed by atoms with E-state index in [1.807, 2.05) is 23.7 Å². The molecule has 1 amide bonds. The quantitative estimate of drug-likeness (QED) is 0.770. The molecule has 3 aromatic rings. The van der Waals surface area contributed by atoms with E-state index in [1.165, 1.54) is 6.07 Å². The second-order valence-electron chi connectivity index (χ2n) is 6.26. The van der Waals surface area contributed by atoms with Crippen LogP contribution < -0.4 is 5.32 Å². The maximum absolute atomic E-state index is 13.3. The van der Waals surface area contributed by atoms with Crippen LogP contribution in [0.4, 0.5) is 4.39 Å². The van der Waals surface area contributed by atoms with Gasteiger partial charge in [-0.3, -0.25) is 9.78 Å². The van der Waals surface area contributed by atoms with Crippen molar-refractivity contribution in [3.05, 3.63) is 75.6 Å². The van der Waals surface area contributed by atoms with E-state index in [9.17, 15) is 9.18 Å². The van der Waals surface area contributed by atoms with Gasteiger partial charge in [-0.15, -0.1) is 0 Å². The van der Waals surface area contributed by atoms with E-state index < -0.39 is 5.82 Å². The van der Waals surface area contributed by atoms with Gasteiger partial charge in [-0.25, -0.2) is 9.07 Å². The summed E-state index contributed by atoms with van der Waals surface area (Å²) in [7, 11) is 0. The SMILES string of the molecule is Cc1nn(-c2ccnc(Cc3ccc(F)c(Cl)c3)c2)c2c1C(=O)NCC2. The summed E-state index contributed by atoms with van der Waals surface area (Å²) < 4.78 is 15.1. The fourth-order valence-corrected chi connectivity index (χ4v) is 3.45. The van der Waals surface area contributed by atoms with Crippen LogP contribution in [0.5, 0.6) is 0 Å². The third kappa shape index (κ3) is 2.97. The highest BCUT2D eigenvalue weighted by molar-refractivity contribution is 6.30. The number of hydrogen-bond acceptors (Lipinski definition) is 3. The number of carbonyl (C=O) groups excluding carboxylic acids is 1. The molecule has 0 spiro atoms. The van der Waals surface area contributed by atoms with Gasteiger partial charge in [0, 0.05) is 31.3 Å². The topological polar surface area (TPSA) is 59.8 Å². The molecule has 0 bridgehead atoms. The first-order valence-corrected chi connectivity index (χ1v) is 8.66. The lowest BCUT2D eigenvalue weighted by Gasteiger charge is -2.15. The van der Waals surface area contributed by atoms with Gasteiger partial charge in [-0.05, 0) is 36.8 Å². The highest BCUT2D eigenvalue weighted by atomic mass is 35.5.